The SMILES string of the molecule is C[C@@H]1CN(S(=O)(=O)NCCc2nc3ccccc3s2)C[C@H](C)O1. The van der Waals surface area contributed by atoms with Gasteiger partial charge in [0.15, 0.2) is 0 Å². The molecule has 1 aliphatic rings. The van der Waals surface area contributed by atoms with Crippen LogP contribution in [0.3, 0.4) is 0 Å². The second-order valence-corrected chi connectivity index (χ2v) is 8.67. The van der Waals surface area contributed by atoms with Crippen molar-refractivity contribution in [3.8, 4) is 0 Å². The molecule has 23 heavy (non-hydrogen) atoms. The first-order chi connectivity index (χ1) is 10.9. The van der Waals surface area contributed by atoms with E-state index in [1.807, 2.05) is 38.1 Å². The van der Waals surface area contributed by atoms with Crippen LogP contribution in [0.1, 0.15) is 18.9 Å². The fraction of sp³-hybridized carbons (Fsp3) is 0.533. The van der Waals surface area contributed by atoms with Crippen molar-refractivity contribution in [3.63, 3.8) is 0 Å². The highest BCUT2D eigenvalue weighted by Crippen LogP contribution is 2.21. The normalized spacial score (nSPS) is 23.4. The molecule has 2 aromatic rings. The number of aromatic nitrogens is 1. The molecule has 1 fully saturated rings. The quantitative estimate of drug-likeness (QED) is 0.887. The monoisotopic (exact) mass is 355 g/mol. The number of morpholine rings is 1. The zero-order chi connectivity index (χ0) is 16.4. The summed E-state index contributed by atoms with van der Waals surface area (Å²) in [7, 11) is -3.47. The molecule has 1 aromatic heterocycles. The average molecular weight is 355 g/mol. The Morgan fingerprint density at radius 3 is 2.70 bits per heavy atom. The van der Waals surface area contributed by atoms with E-state index < -0.39 is 10.2 Å². The first-order valence-corrected chi connectivity index (χ1v) is 9.94. The molecule has 1 aromatic carbocycles. The molecule has 3 rings (SSSR count). The van der Waals surface area contributed by atoms with Gasteiger partial charge in [0.1, 0.15) is 0 Å². The average Bonchev–Trinajstić information content (AvgIpc) is 2.88. The molecule has 1 aliphatic heterocycles. The number of nitrogens with zero attached hydrogens (tertiary/aromatic N) is 2. The number of benzene rings is 1. The summed E-state index contributed by atoms with van der Waals surface area (Å²) in [6.07, 6.45) is 0.424. The number of ether oxygens (including phenoxy) is 1. The molecule has 0 amide bonds. The van der Waals surface area contributed by atoms with Gasteiger partial charge in [-0.1, -0.05) is 12.1 Å². The van der Waals surface area contributed by atoms with Crippen molar-refractivity contribution in [3.05, 3.63) is 29.3 Å². The van der Waals surface area contributed by atoms with E-state index in [0.717, 1.165) is 15.2 Å². The van der Waals surface area contributed by atoms with Crippen LogP contribution in [-0.4, -0.2) is 49.5 Å². The molecule has 0 bridgehead atoms. The number of para-hydroxylation sites is 1. The summed E-state index contributed by atoms with van der Waals surface area (Å²) in [5.74, 6) is 0. The minimum atomic E-state index is -3.47. The fourth-order valence-electron chi connectivity index (χ4n) is 2.73. The summed E-state index contributed by atoms with van der Waals surface area (Å²) in [6.45, 7) is 4.91. The van der Waals surface area contributed by atoms with Crippen molar-refractivity contribution in [1.29, 1.82) is 0 Å². The Bertz CT molecular complexity index is 732. The largest absolute Gasteiger partial charge is 0.373 e. The first kappa shape index (κ1) is 16.8. The number of thiazole rings is 1. The number of rotatable bonds is 5. The maximum Gasteiger partial charge on any atom is 0.279 e. The standard InChI is InChI=1S/C15H21N3O3S2/c1-11-9-18(10-12(2)21-11)23(19,20)16-8-7-15-17-13-5-3-4-6-14(13)22-15/h3-6,11-12,16H,7-10H2,1-2H3/t11-,12+. The highest BCUT2D eigenvalue weighted by Gasteiger charge is 2.30. The Balaban J connectivity index is 1.58. The van der Waals surface area contributed by atoms with Crippen molar-refractivity contribution in [1.82, 2.24) is 14.0 Å². The minimum Gasteiger partial charge on any atom is -0.373 e. The van der Waals surface area contributed by atoms with Gasteiger partial charge in [0, 0.05) is 26.1 Å². The van der Waals surface area contributed by atoms with Gasteiger partial charge in [-0.2, -0.15) is 12.7 Å². The van der Waals surface area contributed by atoms with Crippen LogP contribution in [0.5, 0.6) is 0 Å². The fourth-order valence-corrected chi connectivity index (χ4v) is 5.05. The predicted molar refractivity (Wildman–Crippen MR) is 91.8 cm³/mol. The van der Waals surface area contributed by atoms with Gasteiger partial charge in [-0.05, 0) is 26.0 Å². The molecule has 0 saturated carbocycles. The number of fused-ring (bicyclic) bond motifs is 1. The molecule has 2 heterocycles. The van der Waals surface area contributed by atoms with E-state index in [9.17, 15) is 8.42 Å². The number of hydrogen-bond donors (Lipinski definition) is 1. The Hall–Kier alpha value is -1.06. The molecular weight excluding hydrogens is 334 g/mol. The predicted octanol–water partition coefficient (Wildman–Crippen LogP) is 1.78. The maximum atomic E-state index is 12.4. The van der Waals surface area contributed by atoms with E-state index in [2.05, 4.69) is 9.71 Å². The van der Waals surface area contributed by atoms with Crippen molar-refractivity contribution in [2.75, 3.05) is 19.6 Å². The number of nitrogens with one attached hydrogen (secondary N) is 1. The smallest absolute Gasteiger partial charge is 0.279 e. The van der Waals surface area contributed by atoms with Crippen LogP contribution in [-0.2, 0) is 21.4 Å². The van der Waals surface area contributed by atoms with Crippen molar-refractivity contribution in [2.24, 2.45) is 0 Å². The topological polar surface area (TPSA) is 71.5 Å². The second-order valence-electron chi connectivity index (χ2n) is 5.80. The lowest BCUT2D eigenvalue weighted by Crippen LogP contribution is -2.52. The Kier molecular flexibility index (Phi) is 4.98. The molecule has 126 valence electrons. The van der Waals surface area contributed by atoms with Crippen LogP contribution in [0.15, 0.2) is 24.3 Å². The second kappa shape index (κ2) is 6.82. The molecule has 8 heteroatoms. The zero-order valence-corrected chi connectivity index (χ0v) is 14.9. The summed E-state index contributed by atoms with van der Waals surface area (Å²) in [6, 6.07) is 7.93. The molecular formula is C15H21N3O3S2. The van der Waals surface area contributed by atoms with E-state index in [1.54, 1.807) is 11.3 Å². The summed E-state index contributed by atoms with van der Waals surface area (Å²) in [4.78, 5) is 4.52. The third-order valence-corrected chi connectivity index (χ3v) is 6.33. The molecule has 0 aliphatic carbocycles. The van der Waals surface area contributed by atoms with E-state index in [1.165, 1.54) is 4.31 Å². The third kappa shape index (κ3) is 4.07. The highest BCUT2D eigenvalue weighted by molar-refractivity contribution is 7.87. The Morgan fingerprint density at radius 2 is 2.00 bits per heavy atom. The lowest BCUT2D eigenvalue weighted by molar-refractivity contribution is -0.0443. The molecule has 0 unspecified atom stereocenters. The van der Waals surface area contributed by atoms with E-state index >= 15 is 0 Å². The van der Waals surface area contributed by atoms with E-state index in [-0.39, 0.29) is 12.2 Å². The summed E-state index contributed by atoms with van der Waals surface area (Å²) < 4.78 is 35.6. The lowest BCUT2D eigenvalue weighted by atomic mass is 10.3. The van der Waals surface area contributed by atoms with Gasteiger partial charge in [0.25, 0.3) is 10.2 Å². The van der Waals surface area contributed by atoms with Crippen LogP contribution in [0.4, 0.5) is 0 Å². The summed E-state index contributed by atoms with van der Waals surface area (Å²) in [5, 5.41) is 0.942. The highest BCUT2D eigenvalue weighted by atomic mass is 32.2. The van der Waals surface area contributed by atoms with Gasteiger partial charge in [-0.15, -0.1) is 11.3 Å². The molecule has 0 radical (unpaired) electrons. The van der Waals surface area contributed by atoms with Crippen molar-refractivity contribution < 1.29 is 13.2 Å². The van der Waals surface area contributed by atoms with Crippen LogP contribution < -0.4 is 4.72 Å². The zero-order valence-electron chi connectivity index (χ0n) is 13.2. The lowest BCUT2D eigenvalue weighted by Gasteiger charge is -2.34. The summed E-state index contributed by atoms with van der Waals surface area (Å²) >= 11 is 1.60. The van der Waals surface area contributed by atoms with Crippen molar-refractivity contribution >= 4 is 31.8 Å². The Labute approximate surface area is 140 Å². The first-order valence-electron chi connectivity index (χ1n) is 7.69. The third-order valence-electron chi connectivity index (χ3n) is 3.69. The van der Waals surface area contributed by atoms with Gasteiger partial charge in [-0.25, -0.2) is 9.71 Å². The van der Waals surface area contributed by atoms with E-state index in [4.69, 9.17) is 4.74 Å². The van der Waals surface area contributed by atoms with Crippen molar-refractivity contribution in [2.45, 2.75) is 32.5 Å². The molecule has 1 saturated heterocycles. The van der Waals surface area contributed by atoms with E-state index in [0.29, 0.717) is 26.1 Å². The minimum absolute atomic E-state index is 0.0837. The molecule has 6 nitrogen and oxygen atoms in total. The van der Waals surface area contributed by atoms with Crippen LogP contribution in [0.2, 0.25) is 0 Å². The van der Waals surface area contributed by atoms with Gasteiger partial charge in [0.2, 0.25) is 0 Å². The van der Waals surface area contributed by atoms with Gasteiger partial charge in [0.05, 0.1) is 27.4 Å². The molecule has 2 atom stereocenters. The van der Waals surface area contributed by atoms with Gasteiger partial charge in [-0.3, -0.25) is 0 Å². The molecule has 1 N–H and O–H groups in total. The summed E-state index contributed by atoms with van der Waals surface area (Å²) in [5.41, 5.74) is 0.964. The molecule has 0 spiro atoms. The van der Waals surface area contributed by atoms with Crippen LogP contribution >= 0.6 is 11.3 Å². The Morgan fingerprint density at radius 1 is 1.30 bits per heavy atom. The van der Waals surface area contributed by atoms with Gasteiger partial charge < -0.3 is 4.74 Å². The van der Waals surface area contributed by atoms with Crippen LogP contribution in [0.25, 0.3) is 10.2 Å². The number of hydrogen-bond acceptors (Lipinski definition) is 5. The van der Waals surface area contributed by atoms with Gasteiger partial charge >= 0.3 is 0 Å². The van der Waals surface area contributed by atoms with Crippen LogP contribution in [0, 0.1) is 0 Å². The maximum absolute atomic E-state index is 12.4.